The highest BCUT2D eigenvalue weighted by Crippen LogP contribution is 2.40. The molecule has 2 nitrogen and oxygen atoms in total. The van der Waals surface area contributed by atoms with Crippen LogP contribution in [0.15, 0.2) is 115 Å². The summed E-state index contributed by atoms with van der Waals surface area (Å²) in [4.78, 5) is 18.6. The van der Waals surface area contributed by atoms with E-state index in [0.29, 0.717) is 12.0 Å². The molecule has 33 heavy (non-hydrogen) atoms. The Kier molecular flexibility index (Phi) is 4.70. The summed E-state index contributed by atoms with van der Waals surface area (Å²) in [6.45, 7) is 0. The summed E-state index contributed by atoms with van der Waals surface area (Å²) in [5, 5.41) is 1.08. The number of hydrogen-bond acceptors (Lipinski definition) is 2. The maximum Gasteiger partial charge on any atom is 0.170 e. The molecule has 0 unspecified atom stereocenters. The quantitative estimate of drug-likeness (QED) is 0.313. The number of carbonyl (C=O) groups excluding carboxylic acids is 1. The smallest absolute Gasteiger partial charge is 0.170 e. The van der Waals surface area contributed by atoms with Crippen LogP contribution in [0.5, 0.6) is 0 Å². The number of nitrogens with zero attached hydrogens (tertiary/aromatic N) is 1. The van der Waals surface area contributed by atoms with E-state index < -0.39 is 0 Å². The van der Waals surface area contributed by atoms with E-state index in [1.54, 1.807) is 0 Å². The molecule has 0 N–H and O–H groups in total. The highest BCUT2D eigenvalue weighted by atomic mass is 16.1. The summed E-state index contributed by atoms with van der Waals surface area (Å²) >= 11 is 0. The van der Waals surface area contributed by atoms with E-state index in [1.807, 2.05) is 66.7 Å². The summed E-state index contributed by atoms with van der Waals surface area (Å²) in [5.41, 5.74) is 8.68. The van der Waals surface area contributed by atoms with Crippen LogP contribution in [-0.4, -0.2) is 10.8 Å². The summed E-state index contributed by atoms with van der Waals surface area (Å²) in [7, 11) is 0. The standard InChI is InChI=1S/C31H21NO/c33-29-19-23-15-7-8-16-24(23)30(22-13-5-2-6-14-22)31(29)28-20-26(21-11-3-1-4-12-21)25-17-9-10-18-27(25)32-28/h1-18,20H,19H2. The first-order valence-electron chi connectivity index (χ1n) is 11.2. The zero-order valence-electron chi connectivity index (χ0n) is 18.0. The third-order valence-corrected chi connectivity index (χ3v) is 6.29. The molecule has 0 radical (unpaired) electrons. The average Bonchev–Trinajstić information content (AvgIpc) is 2.88. The third-order valence-electron chi connectivity index (χ3n) is 6.29. The first-order chi connectivity index (χ1) is 16.3. The Morgan fingerprint density at radius 3 is 2.00 bits per heavy atom. The molecule has 0 atom stereocenters. The number of allylic oxidation sites excluding steroid dienone is 1. The number of carbonyl (C=O) groups is 1. The van der Waals surface area contributed by atoms with Crippen LogP contribution in [0, 0.1) is 0 Å². The Hall–Kier alpha value is -4.30. The van der Waals surface area contributed by atoms with Gasteiger partial charge >= 0.3 is 0 Å². The van der Waals surface area contributed by atoms with Crippen molar-refractivity contribution in [2.24, 2.45) is 0 Å². The van der Waals surface area contributed by atoms with Crippen LogP contribution in [0.2, 0.25) is 0 Å². The topological polar surface area (TPSA) is 30.0 Å². The second-order valence-corrected chi connectivity index (χ2v) is 8.31. The zero-order valence-corrected chi connectivity index (χ0v) is 18.0. The molecule has 4 aromatic carbocycles. The van der Waals surface area contributed by atoms with E-state index in [2.05, 4.69) is 48.5 Å². The van der Waals surface area contributed by atoms with E-state index in [-0.39, 0.29) is 5.78 Å². The first kappa shape index (κ1) is 19.4. The van der Waals surface area contributed by atoms with Crippen LogP contribution >= 0.6 is 0 Å². The molecule has 1 aliphatic carbocycles. The second-order valence-electron chi connectivity index (χ2n) is 8.31. The number of pyridine rings is 1. The van der Waals surface area contributed by atoms with E-state index in [0.717, 1.165) is 50.0 Å². The molecule has 0 aliphatic heterocycles. The molecule has 1 heterocycles. The molecule has 0 saturated heterocycles. The maximum atomic E-state index is 13.6. The van der Waals surface area contributed by atoms with Crippen LogP contribution < -0.4 is 0 Å². The molecule has 0 fully saturated rings. The molecule has 2 heteroatoms. The van der Waals surface area contributed by atoms with Gasteiger partial charge < -0.3 is 0 Å². The summed E-state index contributed by atoms with van der Waals surface area (Å²) in [6, 6.07) is 38.9. The number of para-hydroxylation sites is 1. The highest BCUT2D eigenvalue weighted by molar-refractivity contribution is 6.32. The summed E-state index contributed by atoms with van der Waals surface area (Å²) in [6.07, 6.45) is 0.386. The van der Waals surface area contributed by atoms with Gasteiger partial charge in [0.15, 0.2) is 5.78 Å². The maximum absolute atomic E-state index is 13.6. The number of ketones is 1. The molecule has 0 spiro atoms. The van der Waals surface area contributed by atoms with Crippen LogP contribution in [-0.2, 0) is 11.2 Å². The van der Waals surface area contributed by atoms with Gasteiger partial charge in [-0.2, -0.15) is 0 Å². The lowest BCUT2D eigenvalue weighted by Gasteiger charge is -2.23. The zero-order chi connectivity index (χ0) is 22.2. The van der Waals surface area contributed by atoms with Gasteiger partial charge in [0, 0.05) is 17.4 Å². The average molecular weight is 424 g/mol. The second kappa shape index (κ2) is 7.99. The fourth-order valence-corrected chi connectivity index (χ4v) is 4.79. The van der Waals surface area contributed by atoms with E-state index in [9.17, 15) is 4.79 Å². The van der Waals surface area contributed by atoms with Crippen LogP contribution in [0.4, 0.5) is 0 Å². The van der Waals surface area contributed by atoms with Crippen molar-refractivity contribution < 1.29 is 4.79 Å². The van der Waals surface area contributed by atoms with Gasteiger partial charge in [-0.3, -0.25) is 4.79 Å². The van der Waals surface area contributed by atoms with Gasteiger partial charge in [0.05, 0.1) is 16.8 Å². The minimum absolute atomic E-state index is 0.106. The number of fused-ring (bicyclic) bond motifs is 2. The molecular formula is C31H21NO. The number of benzene rings is 4. The van der Waals surface area contributed by atoms with Crippen molar-refractivity contribution in [1.29, 1.82) is 0 Å². The largest absolute Gasteiger partial charge is 0.294 e. The van der Waals surface area contributed by atoms with Crippen molar-refractivity contribution in [3.05, 3.63) is 138 Å². The van der Waals surface area contributed by atoms with Crippen molar-refractivity contribution in [1.82, 2.24) is 4.98 Å². The van der Waals surface area contributed by atoms with Gasteiger partial charge in [-0.05, 0) is 39.9 Å². The monoisotopic (exact) mass is 423 g/mol. The molecule has 1 aliphatic rings. The van der Waals surface area contributed by atoms with E-state index in [1.165, 1.54) is 0 Å². The van der Waals surface area contributed by atoms with Gasteiger partial charge in [0.25, 0.3) is 0 Å². The number of hydrogen-bond donors (Lipinski definition) is 0. The van der Waals surface area contributed by atoms with Gasteiger partial charge in [0.2, 0.25) is 0 Å². The Morgan fingerprint density at radius 2 is 1.21 bits per heavy atom. The van der Waals surface area contributed by atoms with E-state index >= 15 is 0 Å². The predicted octanol–water partition coefficient (Wildman–Crippen LogP) is 6.99. The van der Waals surface area contributed by atoms with Crippen molar-refractivity contribution in [3.63, 3.8) is 0 Å². The van der Waals surface area contributed by atoms with Crippen molar-refractivity contribution >= 4 is 27.8 Å². The fraction of sp³-hybridized carbons (Fsp3) is 0.0323. The number of Topliss-reactive ketones (excluding diaryl/α,β-unsaturated/α-hetero) is 1. The minimum atomic E-state index is 0.106. The molecular weight excluding hydrogens is 402 g/mol. The van der Waals surface area contributed by atoms with Gasteiger partial charge in [-0.15, -0.1) is 0 Å². The lowest BCUT2D eigenvalue weighted by Crippen LogP contribution is -2.16. The summed E-state index contributed by atoms with van der Waals surface area (Å²) < 4.78 is 0. The predicted molar refractivity (Wildman–Crippen MR) is 135 cm³/mol. The Balaban J connectivity index is 1.70. The molecule has 0 bridgehead atoms. The SMILES string of the molecule is O=C1Cc2ccccc2C(c2ccccc2)=C1c1cc(-c2ccccc2)c2ccccc2n1. The van der Waals surface area contributed by atoms with Crippen molar-refractivity contribution in [2.45, 2.75) is 6.42 Å². The van der Waals surface area contributed by atoms with Crippen LogP contribution in [0.1, 0.15) is 22.4 Å². The molecule has 0 saturated carbocycles. The lowest BCUT2D eigenvalue weighted by atomic mass is 9.80. The van der Waals surface area contributed by atoms with Gasteiger partial charge in [0.1, 0.15) is 0 Å². The van der Waals surface area contributed by atoms with Gasteiger partial charge in [-0.25, -0.2) is 4.98 Å². The first-order valence-corrected chi connectivity index (χ1v) is 11.2. The number of rotatable bonds is 3. The van der Waals surface area contributed by atoms with Crippen molar-refractivity contribution in [3.8, 4) is 11.1 Å². The Bertz CT molecular complexity index is 1530. The fourth-order valence-electron chi connectivity index (χ4n) is 4.79. The summed E-state index contributed by atoms with van der Waals surface area (Å²) in [5.74, 6) is 0.106. The normalized spacial score (nSPS) is 13.3. The Morgan fingerprint density at radius 1 is 0.576 bits per heavy atom. The molecule has 6 rings (SSSR count). The van der Waals surface area contributed by atoms with Gasteiger partial charge in [-0.1, -0.05) is 103 Å². The van der Waals surface area contributed by atoms with Crippen LogP contribution in [0.3, 0.4) is 0 Å². The van der Waals surface area contributed by atoms with Crippen molar-refractivity contribution in [2.75, 3.05) is 0 Å². The molecule has 1 aromatic heterocycles. The number of aromatic nitrogens is 1. The molecule has 156 valence electrons. The lowest BCUT2D eigenvalue weighted by molar-refractivity contribution is -0.113. The highest BCUT2D eigenvalue weighted by Gasteiger charge is 2.28. The Labute approximate surface area is 192 Å². The molecule has 0 amide bonds. The minimum Gasteiger partial charge on any atom is -0.294 e. The van der Waals surface area contributed by atoms with Crippen LogP contribution in [0.25, 0.3) is 33.2 Å². The third kappa shape index (κ3) is 3.37. The van der Waals surface area contributed by atoms with E-state index in [4.69, 9.17) is 4.98 Å². The molecule has 5 aromatic rings.